The van der Waals surface area contributed by atoms with Gasteiger partial charge in [-0.05, 0) is 20.8 Å². The van der Waals surface area contributed by atoms with Gasteiger partial charge in [0.15, 0.2) is 6.29 Å². The number of hydrogen-bond acceptors (Lipinski definition) is 6. The minimum absolute atomic E-state index is 1.01. The van der Waals surface area contributed by atoms with Gasteiger partial charge in [-0.15, -0.1) is 0 Å². The van der Waals surface area contributed by atoms with E-state index in [9.17, 15) is 20.4 Å². The van der Waals surface area contributed by atoms with E-state index in [1.165, 1.54) is 27.9 Å². The van der Waals surface area contributed by atoms with Gasteiger partial charge >= 0.3 is 0 Å². The summed E-state index contributed by atoms with van der Waals surface area (Å²) in [5.74, 6) is 0. The fraction of sp³-hybridized carbons (Fsp3) is 1.00. The quantitative estimate of drug-likeness (QED) is 0.471. The van der Waals surface area contributed by atoms with E-state index in [2.05, 4.69) is 0 Å². The van der Waals surface area contributed by atoms with Crippen LogP contribution in [0.5, 0.6) is 0 Å². The lowest BCUT2D eigenvalue weighted by Gasteiger charge is -2.53. The van der Waals surface area contributed by atoms with Gasteiger partial charge in [0, 0.05) is 7.11 Å². The van der Waals surface area contributed by atoms with E-state index in [1.54, 1.807) is 0 Å². The molecule has 1 aliphatic heterocycles. The van der Waals surface area contributed by atoms with Gasteiger partial charge in [0.25, 0.3) is 0 Å². The van der Waals surface area contributed by atoms with Crippen LogP contribution in [0, 0.1) is 0 Å². The molecule has 0 aliphatic carbocycles. The molecule has 0 amide bonds. The van der Waals surface area contributed by atoms with Crippen molar-refractivity contribution < 1.29 is 29.9 Å². The Morgan fingerprint density at radius 3 is 2.12 bits per heavy atom. The molecule has 1 saturated heterocycles. The maximum atomic E-state index is 10.2. The van der Waals surface area contributed by atoms with Crippen LogP contribution in [0.4, 0.5) is 0 Å². The minimum atomic E-state index is -1.84. The molecule has 1 heterocycles. The van der Waals surface area contributed by atoms with Gasteiger partial charge in [-0.25, -0.2) is 0 Å². The number of aliphatic hydroxyl groups is 4. The maximum absolute atomic E-state index is 10.2. The van der Waals surface area contributed by atoms with E-state index in [1.807, 2.05) is 0 Å². The summed E-state index contributed by atoms with van der Waals surface area (Å²) in [6.45, 7) is 4.01. The highest BCUT2D eigenvalue weighted by Crippen LogP contribution is 2.39. The van der Waals surface area contributed by atoms with Crippen LogP contribution in [-0.4, -0.2) is 63.3 Å². The Labute approximate surface area is 94.4 Å². The van der Waals surface area contributed by atoms with Crippen LogP contribution in [0.2, 0.25) is 0 Å². The Balaban J connectivity index is 3.08. The van der Waals surface area contributed by atoms with Crippen LogP contribution < -0.4 is 0 Å². The number of ether oxygens (including phenoxy) is 2. The molecule has 0 bridgehead atoms. The van der Waals surface area contributed by atoms with Crippen molar-refractivity contribution in [2.24, 2.45) is 0 Å². The third kappa shape index (κ3) is 1.85. The highest BCUT2D eigenvalue weighted by molar-refractivity contribution is 5.08. The average Bonchev–Trinajstić information content (AvgIpc) is 2.15. The Morgan fingerprint density at radius 2 is 1.75 bits per heavy atom. The highest BCUT2D eigenvalue weighted by atomic mass is 16.7. The van der Waals surface area contributed by atoms with Crippen LogP contribution in [0.3, 0.4) is 0 Å². The fourth-order valence-electron chi connectivity index (χ4n) is 1.97. The van der Waals surface area contributed by atoms with Gasteiger partial charge in [0.2, 0.25) is 0 Å². The number of rotatable bonds is 2. The standard InChI is InChI=1S/C10H20O6/c1-5(11)7-10(3,14)9(2,13)6(12)8(15-4)16-7/h5-8,11-14H,1-4H3/t5?,6-,7+,8+,9+,10+/m0/s1. The smallest absolute Gasteiger partial charge is 0.186 e. The topological polar surface area (TPSA) is 99.4 Å². The third-order valence-corrected chi connectivity index (χ3v) is 3.36. The summed E-state index contributed by atoms with van der Waals surface area (Å²) in [7, 11) is 1.31. The monoisotopic (exact) mass is 236 g/mol. The second kappa shape index (κ2) is 4.21. The van der Waals surface area contributed by atoms with Crippen molar-refractivity contribution in [3.8, 4) is 0 Å². The number of methoxy groups -OCH3 is 1. The van der Waals surface area contributed by atoms with Crippen LogP contribution in [0.25, 0.3) is 0 Å². The van der Waals surface area contributed by atoms with Gasteiger partial charge in [0.05, 0.1) is 6.10 Å². The molecular weight excluding hydrogens is 216 g/mol. The molecule has 6 heteroatoms. The normalized spacial score (nSPS) is 51.4. The van der Waals surface area contributed by atoms with E-state index in [4.69, 9.17) is 9.47 Å². The summed E-state index contributed by atoms with van der Waals surface area (Å²) in [6, 6.07) is 0. The van der Waals surface area contributed by atoms with E-state index < -0.39 is 35.8 Å². The molecule has 1 aliphatic rings. The summed E-state index contributed by atoms with van der Waals surface area (Å²) < 4.78 is 10.1. The van der Waals surface area contributed by atoms with Crippen molar-refractivity contribution >= 4 is 0 Å². The molecule has 1 rings (SSSR count). The fourth-order valence-corrected chi connectivity index (χ4v) is 1.97. The zero-order valence-electron chi connectivity index (χ0n) is 9.91. The van der Waals surface area contributed by atoms with Crippen molar-refractivity contribution in [3.05, 3.63) is 0 Å². The highest BCUT2D eigenvalue weighted by Gasteiger charge is 2.60. The molecule has 0 aromatic heterocycles. The maximum Gasteiger partial charge on any atom is 0.186 e. The molecular formula is C10H20O6. The van der Waals surface area contributed by atoms with Gasteiger partial charge in [-0.2, -0.15) is 0 Å². The summed E-state index contributed by atoms with van der Waals surface area (Å²) in [5.41, 5.74) is -3.62. The first-order chi connectivity index (χ1) is 7.16. The van der Waals surface area contributed by atoms with Gasteiger partial charge in [0.1, 0.15) is 23.4 Å². The molecule has 1 fully saturated rings. The van der Waals surface area contributed by atoms with Gasteiger partial charge in [-0.3, -0.25) is 0 Å². The van der Waals surface area contributed by atoms with E-state index in [0.29, 0.717) is 0 Å². The predicted molar refractivity (Wildman–Crippen MR) is 54.6 cm³/mol. The Morgan fingerprint density at radius 1 is 1.25 bits per heavy atom. The Hall–Kier alpha value is -0.240. The lowest BCUT2D eigenvalue weighted by Crippen LogP contribution is -2.73. The Kier molecular flexibility index (Phi) is 3.64. The molecule has 0 aromatic rings. The first-order valence-electron chi connectivity index (χ1n) is 5.15. The lowest BCUT2D eigenvalue weighted by molar-refractivity contribution is -0.359. The summed E-state index contributed by atoms with van der Waals surface area (Å²) in [6.07, 6.45) is -4.54. The zero-order valence-corrected chi connectivity index (χ0v) is 9.91. The summed E-state index contributed by atoms with van der Waals surface area (Å²) in [4.78, 5) is 0. The second-order valence-electron chi connectivity index (χ2n) is 4.64. The van der Waals surface area contributed by atoms with Crippen molar-refractivity contribution in [2.45, 2.75) is 56.6 Å². The second-order valence-corrected chi connectivity index (χ2v) is 4.64. The molecule has 0 saturated carbocycles. The van der Waals surface area contributed by atoms with Crippen molar-refractivity contribution in [3.63, 3.8) is 0 Å². The van der Waals surface area contributed by atoms with Crippen LogP contribution in [0.15, 0.2) is 0 Å². The van der Waals surface area contributed by atoms with Gasteiger partial charge < -0.3 is 29.9 Å². The van der Waals surface area contributed by atoms with Crippen LogP contribution in [0.1, 0.15) is 20.8 Å². The van der Waals surface area contributed by atoms with E-state index in [-0.39, 0.29) is 0 Å². The molecule has 6 atom stereocenters. The summed E-state index contributed by atoms with van der Waals surface area (Å²) >= 11 is 0. The Bertz CT molecular complexity index is 250. The molecule has 1 unspecified atom stereocenters. The van der Waals surface area contributed by atoms with Crippen molar-refractivity contribution in [1.82, 2.24) is 0 Å². The first kappa shape index (κ1) is 13.8. The molecule has 6 nitrogen and oxygen atoms in total. The van der Waals surface area contributed by atoms with Crippen LogP contribution >= 0.6 is 0 Å². The number of aliphatic hydroxyl groups excluding tert-OH is 2. The van der Waals surface area contributed by atoms with Gasteiger partial charge in [-0.1, -0.05) is 0 Å². The largest absolute Gasteiger partial charge is 0.391 e. The van der Waals surface area contributed by atoms with Crippen LogP contribution in [-0.2, 0) is 9.47 Å². The van der Waals surface area contributed by atoms with E-state index in [0.717, 1.165) is 0 Å². The predicted octanol–water partition coefficient (Wildman–Crippen LogP) is -1.40. The summed E-state index contributed by atoms with van der Waals surface area (Å²) in [5, 5.41) is 39.6. The van der Waals surface area contributed by atoms with Crippen molar-refractivity contribution in [2.75, 3.05) is 7.11 Å². The SMILES string of the molecule is CO[C@@H]1O[C@H](C(C)O)[C@@](C)(O)[C@](C)(O)[C@H]1O. The number of hydrogen-bond donors (Lipinski definition) is 4. The minimum Gasteiger partial charge on any atom is -0.391 e. The molecule has 0 aromatic carbocycles. The molecule has 96 valence electrons. The zero-order chi connectivity index (χ0) is 12.7. The average molecular weight is 236 g/mol. The third-order valence-electron chi connectivity index (χ3n) is 3.36. The first-order valence-corrected chi connectivity index (χ1v) is 5.15. The molecule has 16 heavy (non-hydrogen) atoms. The molecule has 0 spiro atoms. The van der Waals surface area contributed by atoms with Crippen molar-refractivity contribution in [1.29, 1.82) is 0 Å². The molecule has 0 radical (unpaired) electrons. The molecule has 4 N–H and O–H groups in total. The van der Waals surface area contributed by atoms with E-state index >= 15 is 0 Å². The lowest BCUT2D eigenvalue weighted by atomic mass is 9.73.